The normalized spacial score (nSPS) is 14.3. The van der Waals surface area contributed by atoms with E-state index in [1.807, 2.05) is 26.2 Å². The lowest BCUT2D eigenvalue weighted by Gasteiger charge is -2.19. The van der Waals surface area contributed by atoms with Crippen LogP contribution in [0.15, 0.2) is 23.6 Å². The predicted octanol–water partition coefficient (Wildman–Crippen LogP) is 3.27. The molecule has 0 spiro atoms. The highest BCUT2D eigenvalue weighted by molar-refractivity contribution is 7.09. The van der Waals surface area contributed by atoms with E-state index in [4.69, 9.17) is 0 Å². The fraction of sp³-hybridized carbons (Fsp3) is 0.357. The van der Waals surface area contributed by atoms with E-state index in [9.17, 15) is 10.2 Å². The molecule has 2 atom stereocenters. The second-order valence-electron chi connectivity index (χ2n) is 4.68. The number of phenolic OH excluding ortho intramolecular Hbond substituents is 2. The molecule has 0 saturated carbocycles. The average molecular weight is 278 g/mol. The number of hydrogen-bond donors (Lipinski definition) is 3. The van der Waals surface area contributed by atoms with Crippen molar-refractivity contribution in [2.45, 2.75) is 32.9 Å². The average Bonchev–Trinajstić information content (AvgIpc) is 2.75. The first-order valence-electron chi connectivity index (χ1n) is 6.17. The fourth-order valence-corrected chi connectivity index (χ4v) is 2.82. The van der Waals surface area contributed by atoms with Crippen LogP contribution in [0.1, 0.15) is 42.2 Å². The molecule has 0 amide bonds. The van der Waals surface area contributed by atoms with Gasteiger partial charge in [-0.15, -0.1) is 11.3 Å². The van der Waals surface area contributed by atoms with E-state index >= 15 is 0 Å². The summed E-state index contributed by atoms with van der Waals surface area (Å²) in [6.07, 6.45) is 0. The molecule has 102 valence electrons. The third-order valence-corrected chi connectivity index (χ3v) is 4.13. The van der Waals surface area contributed by atoms with Gasteiger partial charge in [-0.2, -0.15) is 0 Å². The number of benzene rings is 1. The summed E-state index contributed by atoms with van der Waals surface area (Å²) in [5.41, 5.74) is 1.78. The molecule has 0 fully saturated rings. The van der Waals surface area contributed by atoms with Crippen LogP contribution in [0.2, 0.25) is 0 Å². The summed E-state index contributed by atoms with van der Waals surface area (Å²) >= 11 is 1.63. The van der Waals surface area contributed by atoms with Crippen molar-refractivity contribution >= 4 is 11.3 Å². The van der Waals surface area contributed by atoms with Crippen LogP contribution in [0.25, 0.3) is 0 Å². The van der Waals surface area contributed by atoms with Gasteiger partial charge in [0.05, 0.1) is 6.04 Å². The van der Waals surface area contributed by atoms with Crippen LogP contribution in [-0.2, 0) is 0 Å². The maximum absolute atomic E-state index is 9.84. The molecular formula is C14H18N2O2S. The molecule has 0 radical (unpaired) electrons. The zero-order valence-electron chi connectivity index (χ0n) is 11.2. The van der Waals surface area contributed by atoms with Gasteiger partial charge >= 0.3 is 0 Å². The Morgan fingerprint density at radius 3 is 2.53 bits per heavy atom. The second kappa shape index (κ2) is 5.59. The van der Waals surface area contributed by atoms with Gasteiger partial charge in [-0.25, -0.2) is 4.98 Å². The van der Waals surface area contributed by atoms with Crippen molar-refractivity contribution in [3.05, 3.63) is 39.8 Å². The summed E-state index contributed by atoms with van der Waals surface area (Å²) < 4.78 is 0. The Kier molecular flexibility index (Phi) is 4.07. The molecule has 0 aliphatic rings. The van der Waals surface area contributed by atoms with Gasteiger partial charge in [0, 0.05) is 28.7 Å². The molecule has 2 rings (SSSR count). The Bertz CT molecular complexity index is 568. The highest BCUT2D eigenvalue weighted by Gasteiger charge is 2.16. The second-order valence-corrected chi connectivity index (χ2v) is 5.57. The number of hydrogen-bond acceptors (Lipinski definition) is 5. The number of aryl methyl sites for hydroxylation is 1. The summed E-state index contributed by atoms with van der Waals surface area (Å²) in [5.74, 6) is 0.166. The molecule has 1 heterocycles. The standard InChI is InChI=1S/C14H18N2O2S/c1-8-7-19-14(15-8)10(3)16-9(2)12-5-4-11(17)6-13(12)18/h4-7,9-10,16-18H,1-3H3. The molecule has 19 heavy (non-hydrogen) atoms. The van der Waals surface area contributed by atoms with E-state index in [2.05, 4.69) is 10.3 Å². The number of rotatable bonds is 4. The number of phenols is 2. The van der Waals surface area contributed by atoms with Crippen molar-refractivity contribution in [3.63, 3.8) is 0 Å². The molecule has 0 bridgehead atoms. The predicted molar refractivity (Wildman–Crippen MR) is 76.6 cm³/mol. The van der Waals surface area contributed by atoms with Crippen molar-refractivity contribution in [3.8, 4) is 11.5 Å². The van der Waals surface area contributed by atoms with Gasteiger partial charge < -0.3 is 15.5 Å². The first kappa shape index (κ1) is 13.8. The lowest BCUT2D eigenvalue weighted by molar-refractivity contribution is 0.427. The van der Waals surface area contributed by atoms with E-state index < -0.39 is 0 Å². The molecule has 0 aliphatic heterocycles. The number of thiazole rings is 1. The number of aromatic hydroxyl groups is 2. The molecule has 1 aromatic carbocycles. The summed E-state index contributed by atoms with van der Waals surface area (Å²) in [4.78, 5) is 4.45. The number of nitrogens with zero attached hydrogens (tertiary/aromatic N) is 1. The van der Waals surface area contributed by atoms with E-state index in [0.29, 0.717) is 0 Å². The van der Waals surface area contributed by atoms with Gasteiger partial charge in [-0.05, 0) is 26.8 Å². The van der Waals surface area contributed by atoms with Crippen molar-refractivity contribution in [1.29, 1.82) is 0 Å². The minimum atomic E-state index is -0.0280. The van der Waals surface area contributed by atoms with E-state index in [0.717, 1.165) is 16.3 Å². The summed E-state index contributed by atoms with van der Waals surface area (Å²) in [6.45, 7) is 6.00. The highest BCUT2D eigenvalue weighted by Crippen LogP contribution is 2.29. The summed E-state index contributed by atoms with van der Waals surface area (Å²) in [7, 11) is 0. The Morgan fingerprint density at radius 1 is 1.21 bits per heavy atom. The number of aromatic nitrogens is 1. The SMILES string of the molecule is Cc1csc(C(C)NC(C)c2ccc(O)cc2O)n1. The Morgan fingerprint density at radius 2 is 1.95 bits per heavy atom. The number of nitrogens with one attached hydrogen (secondary N) is 1. The summed E-state index contributed by atoms with van der Waals surface area (Å²) in [5, 5.41) is 25.6. The van der Waals surface area contributed by atoms with Crippen LogP contribution >= 0.6 is 11.3 Å². The van der Waals surface area contributed by atoms with Gasteiger partial charge in [0.15, 0.2) is 0 Å². The maximum atomic E-state index is 9.84. The van der Waals surface area contributed by atoms with Crippen molar-refractivity contribution in [2.24, 2.45) is 0 Å². The minimum absolute atomic E-state index is 0.0280. The van der Waals surface area contributed by atoms with Gasteiger partial charge in [0.1, 0.15) is 16.5 Å². The molecule has 5 heteroatoms. The molecule has 0 saturated heterocycles. The molecule has 2 unspecified atom stereocenters. The van der Waals surface area contributed by atoms with E-state index in [-0.39, 0.29) is 23.6 Å². The first-order valence-corrected chi connectivity index (χ1v) is 7.05. The van der Waals surface area contributed by atoms with Crippen LogP contribution in [0.4, 0.5) is 0 Å². The highest BCUT2D eigenvalue weighted by atomic mass is 32.1. The Hall–Kier alpha value is -1.59. The van der Waals surface area contributed by atoms with Gasteiger partial charge in [0.2, 0.25) is 0 Å². The van der Waals surface area contributed by atoms with E-state index in [1.165, 1.54) is 6.07 Å². The maximum Gasteiger partial charge on any atom is 0.124 e. The summed E-state index contributed by atoms with van der Waals surface area (Å²) in [6, 6.07) is 4.74. The lowest BCUT2D eigenvalue weighted by Crippen LogP contribution is -2.22. The molecule has 2 aromatic rings. The Balaban J connectivity index is 2.10. The Labute approximate surface area is 116 Å². The molecule has 0 aliphatic carbocycles. The van der Waals surface area contributed by atoms with Crippen molar-refractivity contribution < 1.29 is 10.2 Å². The van der Waals surface area contributed by atoms with Crippen LogP contribution in [0.5, 0.6) is 11.5 Å². The van der Waals surface area contributed by atoms with Crippen molar-refractivity contribution in [1.82, 2.24) is 10.3 Å². The molecular weight excluding hydrogens is 260 g/mol. The van der Waals surface area contributed by atoms with Gasteiger partial charge in [-0.1, -0.05) is 6.07 Å². The third kappa shape index (κ3) is 3.24. The molecule has 1 aromatic heterocycles. The quantitative estimate of drug-likeness (QED) is 0.803. The van der Waals surface area contributed by atoms with Gasteiger partial charge in [-0.3, -0.25) is 0 Å². The first-order chi connectivity index (χ1) is 8.97. The van der Waals surface area contributed by atoms with Crippen LogP contribution in [-0.4, -0.2) is 15.2 Å². The molecule has 4 nitrogen and oxygen atoms in total. The van der Waals surface area contributed by atoms with E-state index in [1.54, 1.807) is 23.5 Å². The topological polar surface area (TPSA) is 65.4 Å². The largest absolute Gasteiger partial charge is 0.508 e. The van der Waals surface area contributed by atoms with Crippen LogP contribution < -0.4 is 5.32 Å². The zero-order chi connectivity index (χ0) is 14.0. The molecule has 3 N–H and O–H groups in total. The lowest BCUT2D eigenvalue weighted by atomic mass is 10.1. The van der Waals surface area contributed by atoms with Gasteiger partial charge in [0.25, 0.3) is 0 Å². The van der Waals surface area contributed by atoms with Crippen molar-refractivity contribution in [2.75, 3.05) is 0 Å². The van der Waals surface area contributed by atoms with Crippen LogP contribution in [0.3, 0.4) is 0 Å². The van der Waals surface area contributed by atoms with Crippen LogP contribution in [0, 0.1) is 6.92 Å². The zero-order valence-corrected chi connectivity index (χ0v) is 12.0. The third-order valence-electron chi connectivity index (χ3n) is 2.99. The fourth-order valence-electron chi connectivity index (χ4n) is 2.01. The smallest absolute Gasteiger partial charge is 0.124 e. The monoisotopic (exact) mass is 278 g/mol. The minimum Gasteiger partial charge on any atom is -0.508 e.